The molecule has 4 heterocycles. The van der Waals surface area contributed by atoms with Crippen LogP contribution in [0.5, 0.6) is 17.2 Å². The number of nitrogens with one attached hydrogen (secondary N) is 1. The van der Waals surface area contributed by atoms with Crippen LogP contribution in [0, 0.1) is 11.3 Å². The van der Waals surface area contributed by atoms with Crippen molar-refractivity contribution in [2.24, 2.45) is 7.05 Å². The quantitative estimate of drug-likeness (QED) is 0.0633. The Morgan fingerprint density at radius 1 is 1.11 bits per heavy atom. The predicted octanol–water partition coefficient (Wildman–Crippen LogP) is 7.05. The van der Waals surface area contributed by atoms with Crippen LogP contribution < -0.4 is 25.1 Å². The van der Waals surface area contributed by atoms with Crippen molar-refractivity contribution in [2.45, 2.75) is 44.7 Å². The largest absolute Gasteiger partial charge is 0.496 e. The first kappa shape index (κ1) is 40.2. The Balaban J connectivity index is 1.02. The van der Waals surface area contributed by atoms with E-state index in [4.69, 9.17) is 14.2 Å². The molecule has 14 heteroatoms. The standard InChI is InChI=1S/C42H46N6O6S2/c1-46(2)25-33-35(52-4)20-28(21-36(33)53-5)32-26-47(3)42(51)31-23-37(56-39(31)32)40(49)45-14-7-6-8-17-54-30-12-9-11-27(19-30)34-13-10-16-48(34)41(50)29(24-43)22-38-44-15-18-55-38/h9,11-12,15,18-23,26,34H,6-8,10,13-14,16-17,25H2,1-5H3,(H,45,49)/b29-22+. The second kappa shape index (κ2) is 18.4. The van der Waals surface area contributed by atoms with Crippen LogP contribution in [-0.4, -0.2) is 79.2 Å². The Hall–Kier alpha value is -5.49. The van der Waals surface area contributed by atoms with Crippen LogP contribution in [-0.2, 0) is 18.4 Å². The maximum Gasteiger partial charge on any atom is 0.265 e. The number of benzene rings is 2. The zero-order valence-electron chi connectivity index (χ0n) is 32.3. The van der Waals surface area contributed by atoms with Crippen molar-refractivity contribution in [3.05, 3.63) is 97.2 Å². The van der Waals surface area contributed by atoms with E-state index >= 15 is 0 Å². The maximum atomic E-state index is 13.3. The molecule has 0 saturated carbocycles. The topological polar surface area (TPSA) is 139 Å². The molecule has 292 valence electrons. The minimum Gasteiger partial charge on any atom is -0.496 e. The fourth-order valence-electron chi connectivity index (χ4n) is 6.96. The molecule has 1 aliphatic rings. The Morgan fingerprint density at radius 2 is 1.89 bits per heavy atom. The van der Waals surface area contributed by atoms with Gasteiger partial charge in [0.1, 0.15) is 33.9 Å². The van der Waals surface area contributed by atoms with Gasteiger partial charge in [-0.2, -0.15) is 5.26 Å². The van der Waals surface area contributed by atoms with Crippen LogP contribution >= 0.6 is 22.7 Å². The number of nitrogens with zero attached hydrogens (tertiary/aromatic N) is 5. The number of thiophene rings is 1. The van der Waals surface area contributed by atoms with Gasteiger partial charge < -0.3 is 33.9 Å². The second-order valence-electron chi connectivity index (χ2n) is 13.8. The summed E-state index contributed by atoms with van der Waals surface area (Å²) in [4.78, 5) is 48.3. The van der Waals surface area contributed by atoms with Gasteiger partial charge in [0.15, 0.2) is 0 Å². The number of rotatable bonds is 16. The highest BCUT2D eigenvalue weighted by Gasteiger charge is 2.32. The van der Waals surface area contributed by atoms with E-state index in [0.29, 0.717) is 53.0 Å². The van der Waals surface area contributed by atoms with Crippen molar-refractivity contribution in [3.8, 4) is 34.4 Å². The summed E-state index contributed by atoms with van der Waals surface area (Å²) in [5.74, 6) is 1.59. The van der Waals surface area contributed by atoms with Crippen molar-refractivity contribution in [3.63, 3.8) is 0 Å². The molecule has 1 fully saturated rings. The summed E-state index contributed by atoms with van der Waals surface area (Å²) in [5.41, 5.74) is 3.45. The molecule has 56 heavy (non-hydrogen) atoms. The molecule has 0 bridgehead atoms. The normalized spacial score (nSPS) is 14.3. The first-order chi connectivity index (χ1) is 27.1. The number of pyridine rings is 1. The van der Waals surface area contributed by atoms with Crippen molar-refractivity contribution in [1.29, 1.82) is 5.26 Å². The molecule has 1 aliphatic heterocycles. The smallest absolute Gasteiger partial charge is 0.265 e. The molecule has 0 radical (unpaired) electrons. The number of carbonyl (C=O) groups excluding carboxylic acids is 2. The Bertz CT molecular complexity index is 2300. The molecular weight excluding hydrogens is 749 g/mol. The SMILES string of the molecule is COc1cc(-c2cn(C)c(=O)c3cc(C(=O)NCCCCCOc4cccc(C5CCCN5C(=O)/C(C#N)=C/c5nccs5)c4)sc23)cc(OC)c1CN(C)C. The average Bonchev–Trinajstić information content (AvgIpc) is 4.00. The van der Waals surface area contributed by atoms with Gasteiger partial charge in [-0.3, -0.25) is 14.4 Å². The van der Waals surface area contributed by atoms with E-state index in [1.165, 1.54) is 27.2 Å². The lowest BCUT2D eigenvalue weighted by Crippen LogP contribution is -2.31. The monoisotopic (exact) mass is 794 g/mol. The molecule has 3 aromatic heterocycles. The number of aryl methyl sites for hydroxylation is 1. The molecule has 1 atom stereocenters. The van der Waals surface area contributed by atoms with Gasteiger partial charge in [-0.25, -0.2) is 4.98 Å². The summed E-state index contributed by atoms with van der Waals surface area (Å²) in [7, 11) is 8.92. The van der Waals surface area contributed by atoms with Gasteiger partial charge in [0.25, 0.3) is 17.4 Å². The number of carbonyl (C=O) groups is 2. The predicted molar refractivity (Wildman–Crippen MR) is 221 cm³/mol. The third-order valence-electron chi connectivity index (χ3n) is 9.67. The second-order valence-corrected chi connectivity index (χ2v) is 15.8. The van der Waals surface area contributed by atoms with Crippen molar-refractivity contribution in [2.75, 3.05) is 48.0 Å². The van der Waals surface area contributed by atoms with Gasteiger partial charge in [0.05, 0.1) is 42.7 Å². The van der Waals surface area contributed by atoms with E-state index in [0.717, 1.165) is 64.8 Å². The van der Waals surface area contributed by atoms with Crippen molar-refractivity contribution in [1.82, 2.24) is 24.7 Å². The lowest BCUT2D eigenvalue weighted by Gasteiger charge is -2.25. The third-order valence-corrected chi connectivity index (χ3v) is 11.6. The number of nitriles is 1. The summed E-state index contributed by atoms with van der Waals surface area (Å²) in [5, 5.41) is 15.6. The molecule has 5 aromatic rings. The van der Waals surface area contributed by atoms with Gasteiger partial charge in [-0.15, -0.1) is 22.7 Å². The number of thiazole rings is 1. The van der Waals surface area contributed by atoms with Crippen LogP contribution in [0.15, 0.2) is 70.6 Å². The molecule has 12 nitrogen and oxygen atoms in total. The fraction of sp³-hybridized carbons (Fsp3) is 0.357. The molecule has 2 aromatic carbocycles. The van der Waals surface area contributed by atoms with Crippen molar-refractivity contribution >= 4 is 50.7 Å². The number of aromatic nitrogens is 2. The van der Waals surface area contributed by atoms with E-state index < -0.39 is 0 Å². The number of fused-ring (bicyclic) bond motifs is 1. The van der Waals surface area contributed by atoms with E-state index in [-0.39, 0.29) is 29.0 Å². The first-order valence-electron chi connectivity index (χ1n) is 18.5. The van der Waals surface area contributed by atoms with Gasteiger partial charge in [-0.05, 0) is 93.7 Å². The summed E-state index contributed by atoms with van der Waals surface area (Å²) in [6.07, 6.45) is 9.07. The first-order valence-corrected chi connectivity index (χ1v) is 20.2. The highest BCUT2D eigenvalue weighted by atomic mass is 32.1. The van der Waals surface area contributed by atoms with Crippen LogP contribution in [0.4, 0.5) is 0 Å². The summed E-state index contributed by atoms with van der Waals surface area (Å²) in [6.45, 7) is 2.21. The van der Waals surface area contributed by atoms with E-state index in [1.54, 1.807) is 50.7 Å². The Morgan fingerprint density at radius 3 is 2.59 bits per heavy atom. The zero-order valence-corrected chi connectivity index (χ0v) is 33.9. The van der Waals surface area contributed by atoms with Gasteiger partial charge in [-0.1, -0.05) is 12.1 Å². The van der Waals surface area contributed by atoms with E-state index in [2.05, 4.69) is 16.4 Å². The molecule has 1 N–H and O–H groups in total. The summed E-state index contributed by atoms with van der Waals surface area (Å²) >= 11 is 2.68. The number of hydrogen-bond donors (Lipinski definition) is 1. The lowest BCUT2D eigenvalue weighted by atomic mass is 10.0. The molecular formula is C42H46N6O6S2. The third kappa shape index (κ3) is 9.13. The average molecular weight is 795 g/mol. The minimum atomic E-state index is -0.284. The number of ether oxygens (including phenoxy) is 3. The molecule has 1 saturated heterocycles. The highest BCUT2D eigenvalue weighted by molar-refractivity contribution is 7.21. The molecule has 0 aliphatic carbocycles. The minimum absolute atomic E-state index is 0.0827. The number of likely N-dealkylation sites (tertiary alicyclic amines) is 1. The van der Waals surface area contributed by atoms with Crippen LogP contribution in [0.3, 0.4) is 0 Å². The van der Waals surface area contributed by atoms with Crippen molar-refractivity contribution < 1.29 is 23.8 Å². The van der Waals surface area contributed by atoms with Gasteiger partial charge >= 0.3 is 0 Å². The molecule has 2 amide bonds. The lowest BCUT2D eigenvalue weighted by molar-refractivity contribution is -0.127. The van der Waals surface area contributed by atoms with Crippen LogP contribution in [0.25, 0.3) is 27.3 Å². The molecule has 6 rings (SSSR count). The number of methoxy groups -OCH3 is 2. The number of hydrogen-bond acceptors (Lipinski definition) is 11. The van der Waals surface area contributed by atoms with E-state index in [1.807, 2.05) is 60.8 Å². The molecule has 0 spiro atoms. The summed E-state index contributed by atoms with van der Waals surface area (Å²) in [6, 6.07) is 15.3. The molecule has 1 unspecified atom stereocenters. The van der Waals surface area contributed by atoms with Gasteiger partial charge in [0, 0.05) is 54.7 Å². The van der Waals surface area contributed by atoms with Crippen LogP contribution in [0.2, 0.25) is 0 Å². The highest BCUT2D eigenvalue weighted by Crippen LogP contribution is 2.40. The Labute approximate surface area is 334 Å². The van der Waals surface area contributed by atoms with Gasteiger partial charge in [0.2, 0.25) is 0 Å². The fourth-order valence-corrected chi connectivity index (χ4v) is 8.62. The number of amides is 2. The van der Waals surface area contributed by atoms with E-state index in [9.17, 15) is 19.6 Å². The maximum absolute atomic E-state index is 13.3. The summed E-state index contributed by atoms with van der Waals surface area (Å²) < 4.78 is 19.9. The van der Waals surface area contributed by atoms with Crippen LogP contribution in [0.1, 0.15) is 64.0 Å². The zero-order chi connectivity index (χ0) is 39.8. The Kier molecular flexibility index (Phi) is 13.2. The number of unbranched alkanes of at least 4 members (excludes halogenated alkanes) is 2.